The number of halogens is 1. The molecule has 1 aliphatic carbocycles. The molecular weight excluding hydrogens is 398 g/mol. The van der Waals surface area contributed by atoms with Crippen molar-refractivity contribution < 1.29 is 9.59 Å². The molecule has 2 amide bonds. The fourth-order valence-electron chi connectivity index (χ4n) is 3.59. The maximum absolute atomic E-state index is 12.8. The number of benzene rings is 1. The number of amides is 2. The van der Waals surface area contributed by atoms with Crippen molar-refractivity contribution in [1.82, 2.24) is 9.88 Å². The number of hydrogen-bond acceptors (Lipinski definition) is 3. The maximum Gasteiger partial charge on any atom is 0.271 e. The summed E-state index contributed by atoms with van der Waals surface area (Å²) in [7, 11) is 0. The summed E-state index contributed by atoms with van der Waals surface area (Å²) in [6.07, 6.45) is 3.61. The number of pyridine rings is 1. The van der Waals surface area contributed by atoms with Gasteiger partial charge in [0.25, 0.3) is 11.5 Å². The standard InChI is InChI=1S/C19H18BrN3O3/c1-11-6-15(17(25)21-8-11)22-16(24)9-23-10-19(4-5-19)14-7-12(20)2-3-13(14)18(23)26/h2-3,6-8H,4-5,9-10H2,1H3,(H,21,25)(H,22,24). The van der Waals surface area contributed by atoms with Crippen molar-refractivity contribution >= 4 is 33.4 Å². The zero-order valence-corrected chi connectivity index (χ0v) is 15.9. The Morgan fingerprint density at radius 2 is 2.08 bits per heavy atom. The second-order valence-corrected chi connectivity index (χ2v) is 8.02. The van der Waals surface area contributed by atoms with Gasteiger partial charge in [0.2, 0.25) is 5.91 Å². The van der Waals surface area contributed by atoms with E-state index in [1.807, 2.05) is 25.1 Å². The number of nitrogens with one attached hydrogen (secondary N) is 2. The van der Waals surface area contributed by atoms with E-state index in [0.717, 1.165) is 28.4 Å². The summed E-state index contributed by atoms with van der Waals surface area (Å²) in [6, 6.07) is 7.30. The molecular formula is C19H18BrN3O3. The van der Waals surface area contributed by atoms with Crippen molar-refractivity contribution in [2.45, 2.75) is 25.2 Å². The normalized spacial score (nSPS) is 17.2. The summed E-state index contributed by atoms with van der Waals surface area (Å²) in [4.78, 5) is 41.2. The van der Waals surface area contributed by atoms with Crippen LogP contribution in [-0.2, 0) is 10.2 Å². The van der Waals surface area contributed by atoms with Gasteiger partial charge in [0, 0.05) is 28.2 Å². The molecule has 0 unspecified atom stereocenters. The van der Waals surface area contributed by atoms with Crippen LogP contribution < -0.4 is 10.9 Å². The number of hydrogen-bond donors (Lipinski definition) is 2. The molecule has 1 fully saturated rings. The van der Waals surface area contributed by atoms with Crippen LogP contribution in [0.15, 0.2) is 39.7 Å². The number of anilines is 1. The number of aryl methyl sites for hydroxylation is 1. The van der Waals surface area contributed by atoms with Crippen molar-refractivity contribution in [2.24, 2.45) is 0 Å². The van der Waals surface area contributed by atoms with E-state index in [4.69, 9.17) is 0 Å². The van der Waals surface area contributed by atoms with Gasteiger partial charge in [-0.2, -0.15) is 0 Å². The van der Waals surface area contributed by atoms with Crippen LogP contribution in [0, 0.1) is 6.92 Å². The molecule has 1 aromatic heterocycles. The van der Waals surface area contributed by atoms with Crippen molar-refractivity contribution in [3.8, 4) is 0 Å². The molecule has 0 atom stereocenters. The first-order valence-electron chi connectivity index (χ1n) is 8.46. The molecule has 1 aromatic carbocycles. The molecule has 2 aromatic rings. The van der Waals surface area contributed by atoms with Crippen LogP contribution in [0.4, 0.5) is 5.69 Å². The third-order valence-corrected chi connectivity index (χ3v) is 5.57. The van der Waals surface area contributed by atoms with Gasteiger partial charge in [-0.05, 0) is 55.2 Å². The number of carbonyl (C=O) groups is 2. The van der Waals surface area contributed by atoms with Crippen LogP contribution in [0.2, 0.25) is 0 Å². The van der Waals surface area contributed by atoms with E-state index in [-0.39, 0.29) is 35.0 Å². The lowest BCUT2D eigenvalue weighted by Gasteiger charge is -2.34. The monoisotopic (exact) mass is 415 g/mol. The fourth-order valence-corrected chi connectivity index (χ4v) is 3.95. The van der Waals surface area contributed by atoms with Gasteiger partial charge in [0.15, 0.2) is 0 Å². The Balaban J connectivity index is 1.55. The zero-order chi connectivity index (χ0) is 18.5. The van der Waals surface area contributed by atoms with Crippen LogP contribution in [-0.4, -0.2) is 34.8 Å². The van der Waals surface area contributed by atoms with Gasteiger partial charge in [-0.15, -0.1) is 0 Å². The maximum atomic E-state index is 12.8. The van der Waals surface area contributed by atoms with Gasteiger partial charge in [-0.3, -0.25) is 14.4 Å². The molecule has 134 valence electrons. The highest BCUT2D eigenvalue weighted by Gasteiger charge is 2.51. The molecule has 1 spiro atoms. The molecule has 2 heterocycles. The molecule has 1 aliphatic heterocycles. The van der Waals surface area contributed by atoms with Crippen LogP contribution in [0.5, 0.6) is 0 Å². The van der Waals surface area contributed by atoms with E-state index in [9.17, 15) is 14.4 Å². The minimum atomic E-state index is -0.370. The fraction of sp³-hybridized carbons (Fsp3) is 0.316. The van der Waals surface area contributed by atoms with Gasteiger partial charge in [-0.25, -0.2) is 0 Å². The number of carbonyl (C=O) groups excluding carboxylic acids is 2. The molecule has 6 nitrogen and oxygen atoms in total. The van der Waals surface area contributed by atoms with Crippen molar-refractivity contribution in [3.63, 3.8) is 0 Å². The third-order valence-electron chi connectivity index (χ3n) is 5.07. The van der Waals surface area contributed by atoms with E-state index in [1.165, 1.54) is 0 Å². The Bertz CT molecular complexity index is 978. The smallest absolute Gasteiger partial charge is 0.271 e. The third kappa shape index (κ3) is 2.96. The van der Waals surface area contributed by atoms with E-state index in [0.29, 0.717) is 12.1 Å². The van der Waals surface area contributed by atoms with Crippen LogP contribution in [0.3, 0.4) is 0 Å². The van der Waals surface area contributed by atoms with Gasteiger partial charge in [0.05, 0.1) is 0 Å². The highest BCUT2D eigenvalue weighted by atomic mass is 79.9. The number of fused-ring (bicyclic) bond motifs is 2. The molecule has 7 heteroatoms. The van der Waals surface area contributed by atoms with Crippen molar-refractivity contribution in [3.05, 3.63) is 62.0 Å². The number of aromatic nitrogens is 1. The average Bonchev–Trinajstić information content (AvgIpc) is 3.36. The molecule has 0 saturated heterocycles. The topological polar surface area (TPSA) is 82.3 Å². The molecule has 2 N–H and O–H groups in total. The molecule has 0 radical (unpaired) electrons. The Hall–Kier alpha value is -2.41. The lowest BCUT2D eigenvalue weighted by Crippen LogP contribution is -2.47. The summed E-state index contributed by atoms with van der Waals surface area (Å²) >= 11 is 3.47. The predicted octanol–water partition coefficient (Wildman–Crippen LogP) is 2.57. The van der Waals surface area contributed by atoms with Gasteiger partial charge in [-0.1, -0.05) is 15.9 Å². The van der Waals surface area contributed by atoms with Crippen LogP contribution in [0.25, 0.3) is 0 Å². The van der Waals surface area contributed by atoms with Crippen LogP contribution >= 0.6 is 15.9 Å². The van der Waals surface area contributed by atoms with Crippen molar-refractivity contribution in [2.75, 3.05) is 18.4 Å². The SMILES string of the molecule is Cc1c[nH]c(=O)c(NC(=O)CN2CC3(CC3)c3cc(Br)ccc3C2=O)c1. The number of rotatable bonds is 3. The van der Waals surface area contributed by atoms with E-state index < -0.39 is 0 Å². The number of aromatic amines is 1. The Morgan fingerprint density at radius 1 is 1.31 bits per heavy atom. The predicted molar refractivity (Wildman–Crippen MR) is 101 cm³/mol. The van der Waals surface area contributed by atoms with Crippen LogP contribution in [0.1, 0.15) is 34.3 Å². The largest absolute Gasteiger partial charge is 0.328 e. The molecule has 1 saturated carbocycles. The van der Waals surface area contributed by atoms with Crippen molar-refractivity contribution in [1.29, 1.82) is 0 Å². The second-order valence-electron chi connectivity index (χ2n) is 7.10. The number of H-pyrrole nitrogens is 1. The summed E-state index contributed by atoms with van der Waals surface area (Å²) in [5.41, 5.74) is 2.38. The molecule has 2 aliphatic rings. The first kappa shape index (κ1) is 17.0. The quantitative estimate of drug-likeness (QED) is 0.807. The summed E-state index contributed by atoms with van der Waals surface area (Å²) in [6.45, 7) is 2.29. The minimum Gasteiger partial charge on any atom is -0.328 e. The second kappa shape index (κ2) is 6.09. The van der Waals surface area contributed by atoms with E-state index in [1.54, 1.807) is 17.2 Å². The van der Waals surface area contributed by atoms with Gasteiger partial charge < -0.3 is 15.2 Å². The first-order valence-corrected chi connectivity index (χ1v) is 9.26. The highest BCUT2D eigenvalue weighted by Crippen LogP contribution is 2.52. The average molecular weight is 416 g/mol. The summed E-state index contributed by atoms with van der Waals surface area (Å²) in [5.74, 6) is -0.510. The number of nitrogens with zero attached hydrogens (tertiary/aromatic N) is 1. The first-order chi connectivity index (χ1) is 12.4. The van der Waals surface area contributed by atoms with E-state index >= 15 is 0 Å². The zero-order valence-electron chi connectivity index (χ0n) is 14.3. The lowest BCUT2D eigenvalue weighted by molar-refractivity contribution is -0.117. The lowest BCUT2D eigenvalue weighted by atomic mass is 9.86. The highest BCUT2D eigenvalue weighted by molar-refractivity contribution is 9.10. The minimum absolute atomic E-state index is 0.0336. The summed E-state index contributed by atoms with van der Waals surface area (Å²) in [5, 5.41) is 2.62. The van der Waals surface area contributed by atoms with Gasteiger partial charge in [0.1, 0.15) is 12.2 Å². The van der Waals surface area contributed by atoms with Gasteiger partial charge >= 0.3 is 0 Å². The molecule has 26 heavy (non-hydrogen) atoms. The Morgan fingerprint density at radius 3 is 2.81 bits per heavy atom. The summed E-state index contributed by atoms with van der Waals surface area (Å²) < 4.78 is 0.959. The Kier molecular flexibility index (Phi) is 3.99. The Labute approximate surface area is 158 Å². The molecule has 0 bridgehead atoms. The van der Waals surface area contributed by atoms with E-state index in [2.05, 4.69) is 26.2 Å². The molecule has 4 rings (SSSR count).